The average molecular weight is 106 g/mol. The molecule has 4 heavy (non-hydrogen) atoms. The first-order chi connectivity index (χ1) is 0. The van der Waals surface area contributed by atoms with Crippen LogP contribution in [0.3, 0.4) is 0 Å². The van der Waals surface area contributed by atoms with E-state index < -0.39 is 0 Å². The van der Waals surface area contributed by atoms with E-state index in [0.29, 0.717) is 0 Å². The zero-order valence-electron chi connectivity index (χ0n) is 2.56. The predicted molar refractivity (Wildman–Crippen MR) is 15.0 cm³/mol. The van der Waals surface area contributed by atoms with Crippen molar-refractivity contribution in [2.75, 3.05) is 0 Å². The van der Waals surface area contributed by atoms with Crippen LogP contribution in [-0.2, 0) is 17.1 Å². The van der Waals surface area contributed by atoms with Gasteiger partial charge in [-0.05, 0) is 0 Å². The molecule has 0 heterocycles. The first kappa shape index (κ1) is 272. The van der Waals surface area contributed by atoms with Crippen molar-refractivity contribution < 1.29 is 22.5 Å². The van der Waals surface area contributed by atoms with E-state index in [4.69, 9.17) is 0 Å². The first-order valence-electron chi connectivity index (χ1n) is 0. The molecule has 0 aromatic rings. The van der Waals surface area contributed by atoms with Crippen molar-refractivity contribution in [3.63, 3.8) is 0 Å². The van der Waals surface area contributed by atoms with Crippen LogP contribution < -0.4 is 6.15 Å². The molecule has 0 aliphatic rings. The fourth-order valence-electron chi connectivity index (χ4n) is 0. The molecule has 0 rings (SSSR count). The van der Waals surface area contributed by atoms with Gasteiger partial charge in [-0.1, -0.05) is 0 Å². The van der Waals surface area contributed by atoms with Gasteiger partial charge >= 0.3 is 0 Å². The standard InChI is InChI=1S/CH3.Fe.H3N.H2O/h1H3;;1H3;1H2/q-1;;;. The fraction of sp³-hybridized carbons (Fsp3) is 0. The summed E-state index contributed by atoms with van der Waals surface area (Å²) in [6, 6.07) is 0. The van der Waals surface area contributed by atoms with Gasteiger partial charge in [-0.15, -0.1) is 0 Å². The zero-order valence-corrected chi connectivity index (χ0v) is 3.66. The van der Waals surface area contributed by atoms with Crippen molar-refractivity contribution in [3.05, 3.63) is 7.43 Å². The normalized spacial score (nSPS) is 0. The summed E-state index contributed by atoms with van der Waals surface area (Å²) in [5.74, 6) is 0. The maximum atomic E-state index is 0. The van der Waals surface area contributed by atoms with E-state index >= 15 is 0 Å². The van der Waals surface area contributed by atoms with Crippen molar-refractivity contribution in [1.82, 2.24) is 6.15 Å². The van der Waals surface area contributed by atoms with E-state index in [-0.39, 0.29) is 36.1 Å². The van der Waals surface area contributed by atoms with Crippen LogP contribution >= 0.6 is 0 Å². The molecular formula is CH8FeNO-. The Hall–Kier alpha value is 0.439. The van der Waals surface area contributed by atoms with Crippen LogP contribution in [0.4, 0.5) is 0 Å². The van der Waals surface area contributed by atoms with Gasteiger partial charge < -0.3 is 19.1 Å². The summed E-state index contributed by atoms with van der Waals surface area (Å²) in [6.07, 6.45) is 0. The van der Waals surface area contributed by atoms with E-state index in [0.717, 1.165) is 0 Å². The summed E-state index contributed by atoms with van der Waals surface area (Å²) < 4.78 is 0. The Bertz CT molecular complexity index is 8.00. The third-order valence-corrected chi connectivity index (χ3v) is 0. The minimum atomic E-state index is 0. The van der Waals surface area contributed by atoms with Crippen molar-refractivity contribution >= 4 is 0 Å². The third kappa shape index (κ3) is 26.2. The molecular weight excluding hydrogens is 97.9 g/mol. The minimum absolute atomic E-state index is 0. The van der Waals surface area contributed by atoms with Crippen molar-refractivity contribution in [3.8, 4) is 0 Å². The SMILES string of the molecule is N.O.[CH3-].[Fe]. The van der Waals surface area contributed by atoms with Gasteiger partial charge in [0.15, 0.2) is 0 Å². The van der Waals surface area contributed by atoms with Crippen molar-refractivity contribution in [2.24, 2.45) is 0 Å². The molecule has 5 N–H and O–H groups in total. The summed E-state index contributed by atoms with van der Waals surface area (Å²) in [5.41, 5.74) is 0. The predicted octanol–water partition coefficient (Wildman–Crippen LogP) is -0.215. The van der Waals surface area contributed by atoms with E-state index in [1.54, 1.807) is 0 Å². The summed E-state index contributed by atoms with van der Waals surface area (Å²) >= 11 is 0. The zero-order chi connectivity index (χ0) is 0. The minimum Gasteiger partial charge on any atom is -0.412 e. The number of hydrogen-bond donors (Lipinski definition) is 1. The Labute approximate surface area is 37.0 Å². The molecule has 0 bridgehead atoms. The number of rotatable bonds is 0. The maximum absolute atomic E-state index is 0. The van der Waals surface area contributed by atoms with Gasteiger partial charge in [0.05, 0.1) is 0 Å². The Morgan fingerprint density at radius 3 is 1.00 bits per heavy atom. The monoisotopic (exact) mass is 106 g/mol. The molecule has 3 heteroatoms. The second kappa shape index (κ2) is 106. The molecule has 0 radical (unpaired) electrons. The van der Waals surface area contributed by atoms with Crippen LogP contribution in [0.2, 0.25) is 0 Å². The maximum Gasteiger partial charge on any atom is 0 e. The van der Waals surface area contributed by atoms with E-state index in [2.05, 4.69) is 0 Å². The third-order valence-electron chi connectivity index (χ3n) is 0. The molecule has 0 saturated heterocycles. The second-order valence-electron chi connectivity index (χ2n) is 0. The smallest absolute Gasteiger partial charge is 0 e. The molecule has 0 fully saturated rings. The molecule has 0 spiro atoms. The van der Waals surface area contributed by atoms with Crippen LogP contribution in [0.15, 0.2) is 0 Å². The van der Waals surface area contributed by atoms with Crippen LogP contribution in [-0.4, -0.2) is 5.48 Å². The topological polar surface area (TPSA) is 66.5 Å². The molecule has 0 amide bonds. The van der Waals surface area contributed by atoms with Gasteiger partial charge in [0.25, 0.3) is 0 Å². The van der Waals surface area contributed by atoms with Gasteiger partial charge in [-0.3, -0.25) is 0 Å². The fourth-order valence-corrected chi connectivity index (χ4v) is 0. The molecule has 0 unspecified atom stereocenters. The Balaban J connectivity index is 0. The van der Waals surface area contributed by atoms with Crippen molar-refractivity contribution in [1.29, 1.82) is 0 Å². The van der Waals surface area contributed by atoms with Gasteiger partial charge in [-0.2, -0.15) is 0 Å². The van der Waals surface area contributed by atoms with E-state index in [9.17, 15) is 0 Å². The van der Waals surface area contributed by atoms with Gasteiger partial charge in [-0.25, -0.2) is 0 Å². The summed E-state index contributed by atoms with van der Waals surface area (Å²) in [7, 11) is 0. The molecule has 0 atom stereocenters. The van der Waals surface area contributed by atoms with Gasteiger partial charge in [0.2, 0.25) is 0 Å². The Morgan fingerprint density at radius 2 is 1.00 bits per heavy atom. The largest absolute Gasteiger partial charge is 0.412 e. The molecule has 0 aliphatic heterocycles. The summed E-state index contributed by atoms with van der Waals surface area (Å²) in [5, 5.41) is 0. The van der Waals surface area contributed by atoms with Gasteiger partial charge in [0.1, 0.15) is 0 Å². The molecule has 0 saturated carbocycles. The quantitative estimate of drug-likeness (QED) is 0.336. The van der Waals surface area contributed by atoms with Crippen molar-refractivity contribution in [2.45, 2.75) is 0 Å². The molecule has 0 aromatic heterocycles. The number of hydrogen-bond acceptors (Lipinski definition) is 1. The average Bonchev–Trinajstić information content (AvgIpc) is 0. The van der Waals surface area contributed by atoms with Crippen LogP contribution in [0.1, 0.15) is 0 Å². The Kier molecular flexibility index (Phi) is 7200. The summed E-state index contributed by atoms with van der Waals surface area (Å²) in [6.45, 7) is 0. The van der Waals surface area contributed by atoms with Crippen LogP contribution in [0, 0.1) is 7.43 Å². The second-order valence-corrected chi connectivity index (χ2v) is 0. The van der Waals surface area contributed by atoms with E-state index in [1.807, 2.05) is 0 Å². The Morgan fingerprint density at radius 1 is 1.00 bits per heavy atom. The molecule has 0 aliphatic carbocycles. The summed E-state index contributed by atoms with van der Waals surface area (Å²) in [4.78, 5) is 0. The van der Waals surface area contributed by atoms with E-state index in [1.165, 1.54) is 0 Å². The van der Waals surface area contributed by atoms with Crippen LogP contribution in [0.25, 0.3) is 0 Å². The molecule has 2 nitrogen and oxygen atoms in total. The van der Waals surface area contributed by atoms with Crippen LogP contribution in [0.5, 0.6) is 0 Å². The molecule has 32 valence electrons. The van der Waals surface area contributed by atoms with Gasteiger partial charge in [0, 0.05) is 17.1 Å². The first-order valence-corrected chi connectivity index (χ1v) is 0. The molecule has 0 aromatic carbocycles.